The van der Waals surface area contributed by atoms with Crippen molar-refractivity contribution in [3.63, 3.8) is 0 Å². The molecule has 0 bridgehead atoms. The molecule has 8 heteroatoms. The molecule has 0 aromatic carbocycles. The van der Waals surface area contributed by atoms with Gasteiger partial charge in [-0.05, 0) is 32.9 Å². The second-order valence-electron chi connectivity index (χ2n) is 1.54. The van der Waals surface area contributed by atoms with Gasteiger partial charge in [-0.3, -0.25) is 4.21 Å². The minimum absolute atomic E-state index is 0. The first-order chi connectivity index (χ1) is 4.41. The minimum atomic E-state index is -3.08. The number of hydrogen-bond acceptors (Lipinski definition) is 4. The molecule has 0 spiro atoms. The molecule has 0 saturated heterocycles. The summed E-state index contributed by atoms with van der Waals surface area (Å²) in [5.74, 6) is 0. The molecule has 3 nitrogen and oxygen atoms in total. The van der Waals surface area contributed by atoms with E-state index in [1.165, 1.54) is 0 Å². The summed E-state index contributed by atoms with van der Waals surface area (Å²) in [5.41, 5.74) is 5.11. The summed E-state index contributed by atoms with van der Waals surface area (Å²) < 4.78 is 18.9. The van der Waals surface area contributed by atoms with E-state index in [0.29, 0.717) is 0 Å². The second kappa shape index (κ2) is 15.7. The van der Waals surface area contributed by atoms with Gasteiger partial charge in [-0.2, -0.15) is 0 Å². The molecule has 72 valence electrons. The molecule has 0 aliphatic rings. The van der Waals surface area contributed by atoms with Gasteiger partial charge in [-0.25, -0.2) is 0 Å². The van der Waals surface area contributed by atoms with Gasteiger partial charge in [0.1, 0.15) is 0 Å². The fourth-order valence-electron chi connectivity index (χ4n) is 0.0772. The first-order valence-corrected chi connectivity index (χ1v) is 6.52. The monoisotopic (exact) mass is 351 g/mol. The third kappa shape index (κ3) is 85.8. The van der Waals surface area contributed by atoms with Crippen LogP contribution < -0.4 is 35.3 Å². The van der Waals surface area contributed by atoms with E-state index in [0.717, 1.165) is 24.6 Å². The maximum Gasteiger partial charge on any atom is 1.00 e. The Kier molecular flexibility index (Phi) is 31.2. The van der Waals surface area contributed by atoms with Gasteiger partial charge in [0.2, 0.25) is 0 Å². The Bertz CT molecular complexity index is 143. The molecule has 12 heavy (non-hydrogen) atoms. The van der Waals surface area contributed by atoms with E-state index in [9.17, 15) is 8.76 Å². The van der Waals surface area contributed by atoms with Crippen molar-refractivity contribution in [1.29, 1.82) is 0 Å². The smallest absolute Gasteiger partial charge is 0.770 e. The summed E-state index contributed by atoms with van der Waals surface area (Å²) >= 11 is 7.03. The summed E-state index contributed by atoms with van der Waals surface area (Å²) in [6, 6.07) is 0. The van der Waals surface area contributed by atoms with E-state index < -0.39 is 8.77 Å². The van der Waals surface area contributed by atoms with E-state index in [2.05, 4.69) is 27.1 Å². The first kappa shape index (κ1) is 23.8. The van der Waals surface area contributed by atoms with Gasteiger partial charge in [0.25, 0.3) is 0 Å². The Hall–Kier alpha value is 2.25. The van der Waals surface area contributed by atoms with Gasteiger partial charge in [0.15, 0.2) is 0 Å². The van der Waals surface area contributed by atoms with Crippen LogP contribution in [-0.4, -0.2) is 26.9 Å². The predicted octanol–water partition coefficient (Wildman–Crippen LogP) is -2.20. The maximum atomic E-state index is 9.45. The van der Waals surface area contributed by atoms with Crippen molar-refractivity contribution in [2.45, 2.75) is 6.42 Å². The van der Waals surface area contributed by atoms with Crippen LogP contribution in [0.5, 0.6) is 0 Å². The molecule has 0 aromatic heterocycles. The van der Waals surface area contributed by atoms with Crippen LogP contribution >= 0.6 is 32.9 Å². The fourth-order valence-corrected chi connectivity index (χ4v) is 0.401. The second-order valence-corrected chi connectivity index (χ2v) is 5.55. The molecule has 2 N–H and O–H groups in total. The van der Waals surface area contributed by atoms with Crippen LogP contribution in [0.3, 0.4) is 0 Å². The van der Waals surface area contributed by atoms with E-state index in [1.807, 2.05) is 0 Å². The summed E-state index contributed by atoms with van der Waals surface area (Å²) in [7, 11) is -3.08. The number of rotatable bonds is 2. The van der Waals surface area contributed by atoms with Crippen LogP contribution in [0, 0.1) is 0 Å². The van der Waals surface area contributed by atoms with Crippen LogP contribution in [0.25, 0.3) is 0 Å². The van der Waals surface area contributed by atoms with Gasteiger partial charge < -0.3 is 10.3 Å². The van der Waals surface area contributed by atoms with Crippen molar-refractivity contribution in [1.82, 2.24) is 0 Å². The zero-order valence-corrected chi connectivity index (χ0v) is 14.0. The van der Waals surface area contributed by atoms with Crippen LogP contribution in [0.15, 0.2) is 0 Å². The standard InChI is InChI=1S/C3H8BrN.CH4O2S2.BrH.Na/c4-2-1-3-5;1-5(2,3)4;;/h1-3,5H2;1H3,(H,2,3,4);1H;/q;;;+1/p-1. The van der Waals surface area contributed by atoms with Crippen LogP contribution in [0.2, 0.25) is 0 Å². The predicted molar refractivity (Wildman–Crippen MR) is 60.0 cm³/mol. The summed E-state index contributed by atoms with van der Waals surface area (Å²) in [4.78, 5) is 0. The molecule has 0 amide bonds. The molecule has 0 heterocycles. The number of nitrogens with two attached hydrogens (primary N) is 1. The van der Waals surface area contributed by atoms with Crippen molar-refractivity contribution in [3.8, 4) is 0 Å². The van der Waals surface area contributed by atoms with Gasteiger partial charge >= 0.3 is 29.6 Å². The maximum absolute atomic E-state index is 9.45. The Morgan fingerprint density at radius 2 is 1.92 bits per heavy atom. The minimum Gasteiger partial charge on any atom is -0.770 e. The molecular weight excluding hydrogens is 341 g/mol. The summed E-state index contributed by atoms with van der Waals surface area (Å²) in [5, 5.41) is 1.03. The molecule has 0 rings (SSSR count). The first-order valence-electron chi connectivity index (χ1n) is 2.58. The zero-order valence-electron chi connectivity index (χ0n) is 7.12. The van der Waals surface area contributed by atoms with Gasteiger partial charge in [-0.15, -0.1) is 17.0 Å². The van der Waals surface area contributed by atoms with E-state index in [-0.39, 0.29) is 46.5 Å². The largest absolute Gasteiger partial charge is 1.00 e. The van der Waals surface area contributed by atoms with Crippen LogP contribution in [0.1, 0.15) is 6.42 Å². The average molecular weight is 353 g/mol. The Morgan fingerprint density at radius 1 is 1.67 bits per heavy atom. The normalized spacial score (nSPS) is 12.3. The third-order valence-corrected chi connectivity index (χ3v) is 0.898. The van der Waals surface area contributed by atoms with Crippen molar-refractivity contribution in [3.05, 3.63) is 0 Å². The molecule has 1 unspecified atom stereocenters. The molecule has 0 aromatic rings. The molecular formula is C4H12Br2NNaO2S2. The molecule has 0 fully saturated rings. The van der Waals surface area contributed by atoms with E-state index in [1.54, 1.807) is 0 Å². The molecule has 0 radical (unpaired) electrons. The van der Waals surface area contributed by atoms with Gasteiger partial charge in [-0.1, -0.05) is 15.9 Å². The summed E-state index contributed by atoms with van der Waals surface area (Å²) in [6.07, 6.45) is 2.06. The van der Waals surface area contributed by atoms with Crippen molar-refractivity contribution in [2.24, 2.45) is 5.73 Å². The number of alkyl halides is 1. The fraction of sp³-hybridized carbons (Fsp3) is 1.00. The summed E-state index contributed by atoms with van der Waals surface area (Å²) in [6.45, 7) is 0.797. The van der Waals surface area contributed by atoms with Gasteiger partial charge in [0, 0.05) is 11.6 Å². The Morgan fingerprint density at radius 3 is 1.92 bits per heavy atom. The van der Waals surface area contributed by atoms with Gasteiger partial charge in [0.05, 0.1) is 0 Å². The average Bonchev–Trinajstić information content (AvgIpc) is 1.63. The van der Waals surface area contributed by atoms with E-state index in [4.69, 9.17) is 5.73 Å². The number of hydrogen-bond donors (Lipinski definition) is 1. The van der Waals surface area contributed by atoms with Crippen molar-refractivity contribution in [2.75, 3.05) is 18.1 Å². The molecule has 0 aliphatic carbocycles. The molecule has 1 atom stereocenters. The third-order valence-electron chi connectivity index (χ3n) is 0.338. The van der Waals surface area contributed by atoms with Crippen molar-refractivity contribution >= 4 is 52.9 Å². The number of halogens is 2. The Labute approximate surface area is 120 Å². The topological polar surface area (TPSA) is 66.1 Å². The van der Waals surface area contributed by atoms with Crippen LogP contribution in [0.4, 0.5) is 0 Å². The quantitative estimate of drug-likeness (QED) is 0.452. The SMILES string of the molecule is Br.CS(=O)([O-])=S.NCCCBr.[Na+]. The molecule has 0 aliphatic heterocycles. The Balaban J connectivity index is -0.0000000457. The van der Waals surface area contributed by atoms with Crippen molar-refractivity contribution < 1.29 is 38.3 Å². The molecule has 0 saturated carbocycles. The van der Waals surface area contributed by atoms with Crippen LogP contribution in [-0.2, 0) is 20.0 Å². The van der Waals surface area contributed by atoms with E-state index >= 15 is 0 Å². The zero-order chi connectivity index (χ0) is 8.62.